The molecule has 0 aliphatic carbocycles. The average molecular weight is 387 g/mol. The van der Waals surface area contributed by atoms with Gasteiger partial charge in [0.2, 0.25) is 5.91 Å². The predicted octanol–water partition coefficient (Wildman–Crippen LogP) is 3.29. The first-order valence-corrected chi connectivity index (χ1v) is 9.36. The lowest BCUT2D eigenvalue weighted by atomic mass is 10.2. The SMILES string of the molecule is O=C(/C=C\c1ccccc1)Nc1n[nH]c2c1CN(C(=O)NCc1ccccc1)C2. The standard InChI is InChI=1S/C22H21N5O2/c28-20(12-11-16-7-3-1-4-8-16)24-21-18-14-27(15-19(18)25-26-21)22(29)23-13-17-9-5-2-6-10-17/h1-12H,13-15H2,(H,23,29)(H2,24,25,26,28)/b12-11-. The molecule has 0 atom stereocenters. The van der Waals surface area contributed by atoms with Gasteiger partial charge in [0.1, 0.15) is 0 Å². The van der Waals surface area contributed by atoms with Crippen LogP contribution in [0.3, 0.4) is 0 Å². The maximum Gasteiger partial charge on any atom is 0.318 e. The number of fused-ring (bicyclic) bond motifs is 1. The quantitative estimate of drug-likeness (QED) is 0.587. The fourth-order valence-corrected chi connectivity index (χ4v) is 3.17. The van der Waals surface area contributed by atoms with Gasteiger partial charge < -0.3 is 15.5 Å². The van der Waals surface area contributed by atoms with Crippen LogP contribution < -0.4 is 10.6 Å². The van der Waals surface area contributed by atoms with Crippen LogP contribution in [0, 0.1) is 0 Å². The lowest BCUT2D eigenvalue weighted by Crippen LogP contribution is -2.36. The summed E-state index contributed by atoms with van der Waals surface area (Å²) in [5.74, 6) is 0.191. The fraction of sp³-hybridized carbons (Fsp3) is 0.136. The Morgan fingerprint density at radius 1 is 1.03 bits per heavy atom. The Labute approximate surface area is 168 Å². The summed E-state index contributed by atoms with van der Waals surface area (Å²) in [6.07, 6.45) is 3.21. The van der Waals surface area contributed by atoms with E-state index in [4.69, 9.17) is 0 Å². The van der Waals surface area contributed by atoms with Crippen LogP contribution in [0.25, 0.3) is 6.08 Å². The van der Waals surface area contributed by atoms with Crippen molar-refractivity contribution in [3.63, 3.8) is 0 Å². The number of hydrogen-bond donors (Lipinski definition) is 3. The van der Waals surface area contributed by atoms with Gasteiger partial charge in [-0.2, -0.15) is 5.10 Å². The molecule has 29 heavy (non-hydrogen) atoms. The minimum Gasteiger partial charge on any atom is -0.334 e. The average Bonchev–Trinajstić information content (AvgIpc) is 3.34. The molecule has 0 bridgehead atoms. The van der Waals surface area contributed by atoms with Crippen LogP contribution >= 0.6 is 0 Å². The summed E-state index contributed by atoms with van der Waals surface area (Å²) in [4.78, 5) is 26.4. The number of rotatable bonds is 5. The van der Waals surface area contributed by atoms with Gasteiger partial charge in [-0.25, -0.2) is 4.79 Å². The van der Waals surface area contributed by atoms with Crippen molar-refractivity contribution < 1.29 is 9.59 Å². The van der Waals surface area contributed by atoms with Gasteiger partial charge >= 0.3 is 6.03 Å². The van der Waals surface area contributed by atoms with Crippen LogP contribution in [0.5, 0.6) is 0 Å². The molecule has 0 saturated heterocycles. The van der Waals surface area contributed by atoms with Crippen molar-refractivity contribution in [2.45, 2.75) is 19.6 Å². The van der Waals surface area contributed by atoms with Crippen molar-refractivity contribution in [1.82, 2.24) is 20.4 Å². The molecule has 0 spiro atoms. The van der Waals surface area contributed by atoms with E-state index in [1.54, 1.807) is 11.0 Å². The number of aromatic nitrogens is 2. The molecule has 146 valence electrons. The van der Waals surface area contributed by atoms with Crippen molar-refractivity contribution in [2.75, 3.05) is 5.32 Å². The molecule has 4 rings (SSSR count). The van der Waals surface area contributed by atoms with Crippen LogP contribution in [0.2, 0.25) is 0 Å². The zero-order valence-electron chi connectivity index (χ0n) is 15.8. The van der Waals surface area contributed by atoms with Gasteiger partial charge in [-0.15, -0.1) is 0 Å². The molecular weight excluding hydrogens is 366 g/mol. The Bertz CT molecular complexity index is 1030. The van der Waals surface area contributed by atoms with Crippen molar-refractivity contribution in [2.24, 2.45) is 0 Å². The van der Waals surface area contributed by atoms with E-state index in [0.717, 1.165) is 22.4 Å². The van der Waals surface area contributed by atoms with Crippen molar-refractivity contribution in [1.29, 1.82) is 0 Å². The van der Waals surface area contributed by atoms with Crippen LogP contribution in [0.15, 0.2) is 66.7 Å². The highest BCUT2D eigenvalue weighted by molar-refractivity contribution is 6.01. The summed E-state index contributed by atoms with van der Waals surface area (Å²) in [5, 5.41) is 12.8. The molecule has 0 fully saturated rings. The lowest BCUT2D eigenvalue weighted by molar-refractivity contribution is -0.111. The van der Waals surface area contributed by atoms with Crippen molar-refractivity contribution >= 4 is 23.8 Å². The molecule has 2 heterocycles. The van der Waals surface area contributed by atoms with Crippen LogP contribution in [0.1, 0.15) is 22.4 Å². The van der Waals surface area contributed by atoms with E-state index in [0.29, 0.717) is 25.5 Å². The highest BCUT2D eigenvalue weighted by atomic mass is 16.2. The molecule has 1 aromatic heterocycles. The summed E-state index contributed by atoms with van der Waals surface area (Å²) in [6, 6.07) is 19.2. The first-order valence-electron chi connectivity index (χ1n) is 9.36. The number of carbonyl (C=O) groups is 2. The van der Waals surface area contributed by atoms with Gasteiger partial charge in [-0.1, -0.05) is 60.7 Å². The summed E-state index contributed by atoms with van der Waals surface area (Å²) < 4.78 is 0. The van der Waals surface area contributed by atoms with Gasteiger partial charge in [-0.3, -0.25) is 9.89 Å². The predicted molar refractivity (Wildman–Crippen MR) is 111 cm³/mol. The number of amides is 3. The molecular formula is C22H21N5O2. The normalized spacial score (nSPS) is 12.8. The van der Waals surface area contributed by atoms with E-state index in [1.165, 1.54) is 6.08 Å². The minimum absolute atomic E-state index is 0.153. The molecule has 7 heteroatoms. The second-order valence-corrected chi connectivity index (χ2v) is 6.76. The Morgan fingerprint density at radius 3 is 2.52 bits per heavy atom. The first-order chi connectivity index (χ1) is 14.2. The monoisotopic (exact) mass is 387 g/mol. The van der Waals surface area contributed by atoms with Crippen LogP contribution in [-0.4, -0.2) is 27.0 Å². The van der Waals surface area contributed by atoms with Crippen LogP contribution in [0.4, 0.5) is 10.6 Å². The lowest BCUT2D eigenvalue weighted by Gasteiger charge is -2.16. The maximum atomic E-state index is 12.5. The zero-order valence-corrected chi connectivity index (χ0v) is 15.8. The molecule has 3 N–H and O–H groups in total. The highest BCUT2D eigenvalue weighted by Crippen LogP contribution is 2.27. The highest BCUT2D eigenvalue weighted by Gasteiger charge is 2.28. The van der Waals surface area contributed by atoms with Gasteiger partial charge in [0, 0.05) is 18.2 Å². The number of nitrogens with zero attached hydrogens (tertiary/aromatic N) is 2. The molecule has 3 amide bonds. The Hall–Kier alpha value is -3.87. The Morgan fingerprint density at radius 2 is 1.76 bits per heavy atom. The minimum atomic E-state index is -0.268. The number of H-pyrrole nitrogens is 1. The third-order valence-electron chi connectivity index (χ3n) is 4.69. The second kappa shape index (κ2) is 8.43. The molecule has 0 saturated carbocycles. The molecule has 1 aliphatic heterocycles. The fourth-order valence-electron chi connectivity index (χ4n) is 3.17. The summed E-state index contributed by atoms with van der Waals surface area (Å²) in [6.45, 7) is 1.29. The molecule has 7 nitrogen and oxygen atoms in total. The number of anilines is 1. The van der Waals surface area contributed by atoms with E-state index < -0.39 is 0 Å². The number of nitrogens with one attached hydrogen (secondary N) is 3. The number of benzene rings is 2. The van der Waals surface area contributed by atoms with Gasteiger partial charge in [0.15, 0.2) is 5.82 Å². The van der Waals surface area contributed by atoms with Gasteiger partial charge in [0.25, 0.3) is 0 Å². The summed E-state index contributed by atoms with van der Waals surface area (Å²) in [7, 11) is 0. The zero-order chi connectivity index (χ0) is 20.1. The molecule has 0 unspecified atom stereocenters. The third kappa shape index (κ3) is 4.52. The van der Waals surface area contributed by atoms with E-state index in [9.17, 15) is 9.59 Å². The van der Waals surface area contributed by atoms with Gasteiger partial charge in [0.05, 0.1) is 18.8 Å². The number of carbonyl (C=O) groups excluding carboxylic acids is 2. The first kappa shape index (κ1) is 18.5. The van der Waals surface area contributed by atoms with E-state index in [1.807, 2.05) is 60.7 Å². The number of hydrogen-bond acceptors (Lipinski definition) is 3. The maximum absolute atomic E-state index is 12.5. The Balaban J connectivity index is 1.33. The van der Waals surface area contributed by atoms with E-state index in [-0.39, 0.29) is 11.9 Å². The molecule has 2 aromatic carbocycles. The summed E-state index contributed by atoms with van der Waals surface area (Å²) in [5.41, 5.74) is 3.65. The Kier molecular flexibility index (Phi) is 5.38. The van der Waals surface area contributed by atoms with Crippen molar-refractivity contribution in [3.8, 4) is 0 Å². The third-order valence-corrected chi connectivity index (χ3v) is 4.69. The van der Waals surface area contributed by atoms with Gasteiger partial charge in [-0.05, 0) is 17.2 Å². The number of aromatic amines is 1. The van der Waals surface area contributed by atoms with Crippen LogP contribution in [-0.2, 0) is 24.4 Å². The second-order valence-electron chi connectivity index (χ2n) is 6.76. The topological polar surface area (TPSA) is 90.1 Å². The molecule has 3 aromatic rings. The smallest absolute Gasteiger partial charge is 0.318 e. The number of urea groups is 1. The summed E-state index contributed by atoms with van der Waals surface area (Å²) >= 11 is 0. The largest absolute Gasteiger partial charge is 0.334 e. The van der Waals surface area contributed by atoms with Crippen molar-refractivity contribution in [3.05, 3.63) is 89.1 Å². The molecule has 0 radical (unpaired) electrons. The van der Waals surface area contributed by atoms with E-state index in [2.05, 4.69) is 20.8 Å². The van der Waals surface area contributed by atoms with E-state index >= 15 is 0 Å². The molecule has 1 aliphatic rings.